The van der Waals surface area contributed by atoms with Gasteiger partial charge in [0.25, 0.3) is 0 Å². The number of hydrogen-bond donors (Lipinski definition) is 0. The van der Waals surface area contributed by atoms with Crippen LogP contribution in [0.25, 0.3) is 0 Å². The number of nitrogens with zero attached hydrogens (tertiary/aromatic N) is 3. The van der Waals surface area contributed by atoms with E-state index in [9.17, 15) is 4.79 Å². The molecule has 0 unspecified atom stereocenters. The molecule has 5 nitrogen and oxygen atoms in total. The summed E-state index contributed by atoms with van der Waals surface area (Å²) in [4.78, 5) is 21.8. The van der Waals surface area contributed by atoms with Crippen LogP contribution in [0.5, 0.6) is 0 Å². The minimum absolute atomic E-state index is 0.306. The van der Waals surface area contributed by atoms with Crippen molar-refractivity contribution in [1.29, 1.82) is 0 Å². The lowest BCUT2D eigenvalue weighted by Crippen LogP contribution is -2.39. The summed E-state index contributed by atoms with van der Waals surface area (Å²) in [5.41, 5.74) is 0.619. The average molecular weight is 362 g/mol. The van der Waals surface area contributed by atoms with Gasteiger partial charge in [-0.05, 0) is 66.5 Å². The molecule has 1 aliphatic rings. The van der Waals surface area contributed by atoms with Gasteiger partial charge in [0.15, 0.2) is 0 Å². The van der Waals surface area contributed by atoms with Gasteiger partial charge < -0.3 is 4.74 Å². The second kappa shape index (κ2) is 8.85. The molecule has 0 saturated carbocycles. The number of pyridine rings is 1. The number of unbranched alkanes of at least 4 members (excludes halogenated alkanes) is 1. The first-order valence-corrected chi connectivity index (χ1v) is 9.95. The molecule has 0 aromatic carbocycles. The summed E-state index contributed by atoms with van der Waals surface area (Å²) in [7, 11) is 0. The third-order valence-electron chi connectivity index (χ3n) is 4.74. The van der Waals surface area contributed by atoms with Gasteiger partial charge in [0, 0.05) is 30.4 Å². The van der Waals surface area contributed by atoms with Gasteiger partial charge in [-0.15, -0.1) is 0 Å². The highest BCUT2D eigenvalue weighted by Gasteiger charge is 2.33. The number of hydrogen-bond acceptors (Lipinski definition) is 4. The van der Waals surface area contributed by atoms with E-state index in [0.29, 0.717) is 18.6 Å². The third kappa shape index (κ3) is 5.19. The Hall–Kier alpha value is -1.62. The summed E-state index contributed by atoms with van der Waals surface area (Å²) < 4.78 is 5.68. The lowest BCUT2D eigenvalue weighted by molar-refractivity contribution is 0.0578. The zero-order valence-corrected chi connectivity index (χ0v) is 17.3. The van der Waals surface area contributed by atoms with Gasteiger partial charge >= 0.3 is 6.09 Å². The van der Waals surface area contributed by atoms with Crippen LogP contribution in [-0.4, -0.2) is 40.7 Å². The van der Waals surface area contributed by atoms with Crippen LogP contribution in [0.3, 0.4) is 0 Å². The fourth-order valence-electron chi connectivity index (χ4n) is 3.55. The number of amides is 1. The first-order chi connectivity index (χ1) is 12.2. The SMILES string of the molecule is CCCCN(C(=O)OC(C)(C)C)c1ncccc1[C@@H]1CCCN1C(C)C. The first kappa shape index (κ1) is 20.7. The smallest absolute Gasteiger partial charge is 0.416 e. The zero-order valence-electron chi connectivity index (χ0n) is 17.3. The Morgan fingerprint density at radius 3 is 2.77 bits per heavy atom. The van der Waals surface area contributed by atoms with Crippen LogP contribution in [0.4, 0.5) is 10.6 Å². The average Bonchev–Trinajstić information content (AvgIpc) is 3.03. The molecule has 2 rings (SSSR count). The molecule has 146 valence electrons. The zero-order chi connectivity index (χ0) is 19.3. The molecule has 1 aliphatic heterocycles. The second-order valence-corrected chi connectivity index (χ2v) is 8.39. The summed E-state index contributed by atoms with van der Waals surface area (Å²) in [5, 5.41) is 0. The fourth-order valence-corrected chi connectivity index (χ4v) is 3.55. The van der Waals surface area contributed by atoms with E-state index in [1.54, 1.807) is 11.1 Å². The maximum atomic E-state index is 12.9. The molecule has 1 amide bonds. The number of rotatable bonds is 6. The van der Waals surface area contributed by atoms with Crippen molar-refractivity contribution in [2.45, 2.75) is 84.9 Å². The number of likely N-dealkylation sites (tertiary alicyclic amines) is 1. The first-order valence-electron chi connectivity index (χ1n) is 9.95. The van der Waals surface area contributed by atoms with E-state index in [-0.39, 0.29) is 6.09 Å². The van der Waals surface area contributed by atoms with Crippen molar-refractivity contribution in [2.75, 3.05) is 18.0 Å². The van der Waals surface area contributed by atoms with Crippen molar-refractivity contribution in [3.8, 4) is 0 Å². The van der Waals surface area contributed by atoms with Crippen molar-refractivity contribution < 1.29 is 9.53 Å². The van der Waals surface area contributed by atoms with E-state index in [2.05, 4.69) is 36.7 Å². The highest BCUT2D eigenvalue weighted by molar-refractivity contribution is 5.87. The highest BCUT2D eigenvalue weighted by Crippen LogP contribution is 2.37. The number of carbonyl (C=O) groups excluding carboxylic acids is 1. The molecule has 0 N–H and O–H groups in total. The number of aromatic nitrogens is 1. The molecule has 1 saturated heterocycles. The van der Waals surface area contributed by atoms with Crippen LogP contribution in [0.15, 0.2) is 18.3 Å². The fraction of sp³-hybridized carbons (Fsp3) is 0.714. The summed E-state index contributed by atoms with van der Waals surface area (Å²) in [6, 6.07) is 4.88. The Labute approximate surface area is 158 Å². The van der Waals surface area contributed by atoms with E-state index in [1.165, 1.54) is 6.42 Å². The van der Waals surface area contributed by atoms with Crippen LogP contribution in [0.1, 0.15) is 78.8 Å². The number of anilines is 1. The minimum Gasteiger partial charge on any atom is -0.443 e. The molecule has 5 heteroatoms. The van der Waals surface area contributed by atoms with Gasteiger partial charge in [0.1, 0.15) is 11.4 Å². The molecule has 0 spiro atoms. The monoisotopic (exact) mass is 361 g/mol. The summed E-state index contributed by atoms with van der Waals surface area (Å²) in [5.74, 6) is 0.757. The Bertz CT molecular complexity index is 595. The van der Waals surface area contributed by atoms with Crippen LogP contribution in [0, 0.1) is 0 Å². The lowest BCUT2D eigenvalue weighted by Gasteiger charge is -2.32. The van der Waals surface area contributed by atoms with Crippen molar-refractivity contribution in [2.24, 2.45) is 0 Å². The number of carbonyl (C=O) groups is 1. The van der Waals surface area contributed by atoms with Crippen molar-refractivity contribution in [1.82, 2.24) is 9.88 Å². The molecule has 1 aromatic heterocycles. The summed E-state index contributed by atoms with van der Waals surface area (Å²) in [6.07, 6.45) is 5.69. The predicted molar refractivity (Wildman–Crippen MR) is 107 cm³/mol. The molecule has 26 heavy (non-hydrogen) atoms. The van der Waals surface area contributed by atoms with Gasteiger partial charge in [-0.25, -0.2) is 9.78 Å². The van der Waals surface area contributed by atoms with Crippen molar-refractivity contribution >= 4 is 11.9 Å². The minimum atomic E-state index is -0.520. The molecule has 2 heterocycles. The lowest BCUT2D eigenvalue weighted by atomic mass is 10.0. The van der Waals surface area contributed by atoms with E-state index < -0.39 is 5.60 Å². The third-order valence-corrected chi connectivity index (χ3v) is 4.74. The largest absolute Gasteiger partial charge is 0.443 e. The standard InChI is InChI=1S/C21H35N3O2/c1-7-8-14-24(20(25)26-21(4,5)6)19-17(11-9-13-22-19)18-12-10-15-23(18)16(2)3/h9,11,13,16,18H,7-8,10,12,14-15H2,1-6H3/t18-/m0/s1. The Morgan fingerprint density at radius 2 is 2.15 bits per heavy atom. The van der Waals surface area contributed by atoms with E-state index in [4.69, 9.17) is 4.74 Å². The van der Waals surface area contributed by atoms with Crippen LogP contribution in [-0.2, 0) is 4.74 Å². The molecule has 1 fully saturated rings. The normalized spacial score (nSPS) is 18.3. The van der Waals surface area contributed by atoms with Crippen molar-refractivity contribution in [3.05, 3.63) is 23.9 Å². The maximum Gasteiger partial charge on any atom is 0.416 e. The van der Waals surface area contributed by atoms with Gasteiger partial charge in [0.2, 0.25) is 0 Å². The van der Waals surface area contributed by atoms with Crippen LogP contribution < -0.4 is 4.90 Å². The topological polar surface area (TPSA) is 45.7 Å². The molecule has 0 radical (unpaired) electrons. The summed E-state index contributed by atoms with van der Waals surface area (Å²) in [6.45, 7) is 14.0. The Kier molecular flexibility index (Phi) is 7.04. The molecule has 1 atom stereocenters. The van der Waals surface area contributed by atoms with E-state index in [1.807, 2.05) is 26.8 Å². The van der Waals surface area contributed by atoms with Crippen LogP contribution in [0.2, 0.25) is 0 Å². The maximum absolute atomic E-state index is 12.9. The highest BCUT2D eigenvalue weighted by atomic mass is 16.6. The van der Waals surface area contributed by atoms with Gasteiger partial charge in [-0.2, -0.15) is 0 Å². The van der Waals surface area contributed by atoms with Gasteiger partial charge in [0.05, 0.1) is 0 Å². The number of ether oxygens (including phenoxy) is 1. The van der Waals surface area contributed by atoms with Crippen LogP contribution >= 0.6 is 0 Å². The van der Waals surface area contributed by atoms with Gasteiger partial charge in [-0.3, -0.25) is 9.80 Å². The van der Waals surface area contributed by atoms with Gasteiger partial charge in [-0.1, -0.05) is 19.4 Å². The second-order valence-electron chi connectivity index (χ2n) is 8.39. The Morgan fingerprint density at radius 1 is 1.42 bits per heavy atom. The quantitative estimate of drug-likeness (QED) is 0.701. The predicted octanol–water partition coefficient (Wildman–Crippen LogP) is 5.17. The molecule has 0 aliphatic carbocycles. The molecular weight excluding hydrogens is 326 g/mol. The summed E-state index contributed by atoms with van der Waals surface area (Å²) >= 11 is 0. The Balaban J connectivity index is 2.37. The molecule has 1 aromatic rings. The molecular formula is C21H35N3O2. The van der Waals surface area contributed by atoms with Crippen molar-refractivity contribution in [3.63, 3.8) is 0 Å². The molecule has 0 bridgehead atoms. The van der Waals surface area contributed by atoms with E-state index in [0.717, 1.165) is 37.2 Å². The van der Waals surface area contributed by atoms with E-state index >= 15 is 0 Å².